The highest BCUT2D eigenvalue weighted by Crippen LogP contribution is 2.29. The first-order valence-electron chi connectivity index (χ1n) is 9.22. The van der Waals surface area contributed by atoms with Crippen LogP contribution in [0.15, 0.2) is 35.1 Å². The van der Waals surface area contributed by atoms with E-state index in [1.165, 1.54) is 0 Å². The van der Waals surface area contributed by atoms with Gasteiger partial charge in [-0.15, -0.1) is 0 Å². The second-order valence-corrected chi connectivity index (χ2v) is 7.12. The molecule has 0 atom stereocenters. The maximum absolute atomic E-state index is 12.5. The molecule has 140 valence electrons. The van der Waals surface area contributed by atoms with Gasteiger partial charge in [-0.2, -0.15) is 0 Å². The van der Waals surface area contributed by atoms with Crippen molar-refractivity contribution in [1.29, 1.82) is 0 Å². The zero-order chi connectivity index (χ0) is 18.8. The molecule has 1 fully saturated rings. The predicted molar refractivity (Wildman–Crippen MR) is 101 cm³/mol. The number of nitrogens with zero attached hydrogens (tertiary/aromatic N) is 3. The zero-order valence-corrected chi connectivity index (χ0v) is 15.2. The number of hydrogen-bond donors (Lipinski definition) is 2. The summed E-state index contributed by atoms with van der Waals surface area (Å²) < 4.78 is 5.53. The molecular weight excluding hydrogens is 344 g/mol. The van der Waals surface area contributed by atoms with Crippen molar-refractivity contribution in [1.82, 2.24) is 15.0 Å². The Morgan fingerprint density at radius 3 is 2.59 bits per heavy atom. The van der Waals surface area contributed by atoms with Crippen molar-refractivity contribution in [2.75, 3.05) is 11.9 Å². The molecule has 7 heteroatoms. The fourth-order valence-electron chi connectivity index (χ4n) is 3.56. The maximum atomic E-state index is 12.5. The van der Waals surface area contributed by atoms with Gasteiger partial charge in [0.25, 0.3) is 0 Å². The number of carbonyl (C=O) groups is 1. The Morgan fingerprint density at radius 2 is 1.89 bits per heavy atom. The van der Waals surface area contributed by atoms with Crippen molar-refractivity contribution in [3.8, 4) is 11.5 Å². The largest absolute Gasteiger partial charge is 0.439 e. The van der Waals surface area contributed by atoms with E-state index in [1.807, 2.05) is 12.1 Å². The fourth-order valence-corrected chi connectivity index (χ4v) is 3.56. The summed E-state index contributed by atoms with van der Waals surface area (Å²) in [5.74, 6) is 2.04. The second-order valence-electron chi connectivity index (χ2n) is 7.12. The van der Waals surface area contributed by atoms with Crippen LogP contribution in [0.1, 0.15) is 31.6 Å². The molecule has 0 radical (unpaired) electrons. The third kappa shape index (κ3) is 3.83. The molecule has 0 aromatic carbocycles. The van der Waals surface area contributed by atoms with E-state index in [0.29, 0.717) is 29.1 Å². The topological polar surface area (TPSA) is 101 Å². The number of aliphatic hydroxyl groups is 1. The number of amides is 1. The van der Waals surface area contributed by atoms with Crippen LogP contribution in [0, 0.1) is 18.8 Å². The quantitative estimate of drug-likeness (QED) is 0.734. The van der Waals surface area contributed by atoms with Gasteiger partial charge in [-0.25, -0.2) is 9.97 Å². The molecule has 4 rings (SSSR count). The molecule has 3 heterocycles. The van der Waals surface area contributed by atoms with E-state index in [4.69, 9.17) is 4.42 Å². The van der Waals surface area contributed by atoms with E-state index in [2.05, 4.69) is 20.3 Å². The summed E-state index contributed by atoms with van der Waals surface area (Å²) in [6, 6.07) is 3.75. The lowest BCUT2D eigenvalue weighted by Gasteiger charge is -2.26. The van der Waals surface area contributed by atoms with Crippen LogP contribution in [0.4, 0.5) is 5.82 Å². The van der Waals surface area contributed by atoms with E-state index in [0.717, 1.165) is 36.5 Å². The lowest BCUT2D eigenvalue weighted by atomic mass is 9.82. The number of carbonyl (C=O) groups excluding carboxylic acids is 1. The van der Waals surface area contributed by atoms with E-state index < -0.39 is 0 Å². The molecule has 27 heavy (non-hydrogen) atoms. The highest BCUT2D eigenvalue weighted by Gasteiger charge is 2.26. The number of pyridine rings is 2. The molecular formula is C20H22N4O3. The summed E-state index contributed by atoms with van der Waals surface area (Å²) in [4.78, 5) is 25.4. The van der Waals surface area contributed by atoms with Crippen molar-refractivity contribution >= 4 is 22.5 Å². The van der Waals surface area contributed by atoms with E-state index in [9.17, 15) is 9.90 Å². The molecule has 1 amide bonds. The molecule has 0 bridgehead atoms. The minimum absolute atomic E-state index is 0.00150. The van der Waals surface area contributed by atoms with E-state index >= 15 is 0 Å². The first kappa shape index (κ1) is 17.6. The number of hydrogen-bond acceptors (Lipinski definition) is 6. The average Bonchev–Trinajstić information content (AvgIpc) is 3.14. The maximum Gasteiger partial charge on any atom is 0.228 e. The van der Waals surface area contributed by atoms with Gasteiger partial charge in [0.2, 0.25) is 5.91 Å². The zero-order valence-electron chi connectivity index (χ0n) is 15.2. The first-order valence-corrected chi connectivity index (χ1v) is 9.22. The Kier molecular flexibility index (Phi) is 4.85. The Balaban J connectivity index is 1.51. The summed E-state index contributed by atoms with van der Waals surface area (Å²) in [7, 11) is 0. The van der Waals surface area contributed by atoms with Crippen molar-refractivity contribution in [3.05, 3.63) is 36.6 Å². The summed E-state index contributed by atoms with van der Waals surface area (Å²) in [6.45, 7) is 2.00. The van der Waals surface area contributed by atoms with Crippen molar-refractivity contribution < 1.29 is 14.3 Å². The number of oxazole rings is 1. The van der Waals surface area contributed by atoms with Crippen LogP contribution in [0.5, 0.6) is 0 Å². The third-order valence-electron chi connectivity index (χ3n) is 5.20. The fraction of sp³-hybridized carbons (Fsp3) is 0.400. The van der Waals surface area contributed by atoms with Gasteiger partial charge in [0, 0.05) is 37.2 Å². The normalized spacial score (nSPS) is 19.9. The number of anilines is 1. The molecule has 0 spiro atoms. The first-order chi connectivity index (χ1) is 13.1. The standard InChI is InChI=1S/C20H22N4O3/c1-12-21-10-18(27-12)17-6-15-7-19(23-9-16(15)8-22-17)24-20(26)14-4-2-13(11-25)3-5-14/h6-10,13-14,25H,2-5,11H2,1H3,(H,23,24,26). The highest BCUT2D eigenvalue weighted by molar-refractivity contribution is 5.94. The number of aromatic nitrogens is 3. The molecule has 7 nitrogen and oxygen atoms in total. The lowest BCUT2D eigenvalue weighted by Crippen LogP contribution is -2.28. The highest BCUT2D eigenvalue weighted by atomic mass is 16.4. The van der Waals surface area contributed by atoms with Crippen molar-refractivity contribution in [3.63, 3.8) is 0 Å². The molecule has 0 unspecified atom stereocenters. The van der Waals surface area contributed by atoms with Crippen LogP contribution in [0.25, 0.3) is 22.2 Å². The molecule has 1 saturated carbocycles. The minimum atomic E-state index is -0.0181. The van der Waals surface area contributed by atoms with Gasteiger partial charge < -0.3 is 14.8 Å². The number of aliphatic hydroxyl groups excluding tert-OH is 1. The molecule has 3 aromatic heterocycles. The summed E-state index contributed by atoms with van der Waals surface area (Å²) >= 11 is 0. The van der Waals surface area contributed by atoms with Crippen LogP contribution >= 0.6 is 0 Å². The number of fused-ring (bicyclic) bond motifs is 1. The average molecular weight is 366 g/mol. The van der Waals surface area contributed by atoms with Gasteiger partial charge in [-0.05, 0) is 49.1 Å². The van der Waals surface area contributed by atoms with E-state index in [-0.39, 0.29) is 18.4 Å². The van der Waals surface area contributed by atoms with Crippen LogP contribution in [0.2, 0.25) is 0 Å². The molecule has 0 aliphatic heterocycles. The summed E-state index contributed by atoms with van der Waals surface area (Å²) in [5, 5.41) is 14.0. The van der Waals surface area contributed by atoms with Gasteiger partial charge in [-0.3, -0.25) is 9.78 Å². The Labute approximate surface area is 156 Å². The SMILES string of the molecule is Cc1ncc(-c2cc3cc(NC(=O)C4CCC(CO)CC4)ncc3cn2)o1. The Morgan fingerprint density at radius 1 is 1.11 bits per heavy atom. The molecule has 0 saturated heterocycles. The second kappa shape index (κ2) is 7.44. The number of nitrogens with one attached hydrogen (secondary N) is 1. The lowest BCUT2D eigenvalue weighted by molar-refractivity contribution is -0.121. The minimum Gasteiger partial charge on any atom is -0.439 e. The van der Waals surface area contributed by atoms with Crippen LogP contribution in [-0.4, -0.2) is 32.6 Å². The molecule has 3 aromatic rings. The molecule has 1 aliphatic rings. The van der Waals surface area contributed by atoms with Gasteiger partial charge in [0.05, 0.1) is 6.20 Å². The van der Waals surface area contributed by atoms with Crippen LogP contribution < -0.4 is 5.32 Å². The van der Waals surface area contributed by atoms with Crippen LogP contribution in [0.3, 0.4) is 0 Å². The smallest absolute Gasteiger partial charge is 0.228 e. The van der Waals surface area contributed by atoms with Gasteiger partial charge in [0.15, 0.2) is 11.7 Å². The molecule has 2 N–H and O–H groups in total. The van der Waals surface area contributed by atoms with Crippen molar-refractivity contribution in [2.24, 2.45) is 11.8 Å². The van der Waals surface area contributed by atoms with Gasteiger partial charge >= 0.3 is 0 Å². The Bertz CT molecular complexity index is 961. The predicted octanol–water partition coefficient (Wildman–Crippen LogP) is 3.33. The number of aryl methyl sites for hydroxylation is 1. The van der Waals surface area contributed by atoms with E-state index in [1.54, 1.807) is 25.5 Å². The summed E-state index contributed by atoms with van der Waals surface area (Å²) in [6.07, 6.45) is 8.49. The Hall–Kier alpha value is -2.80. The van der Waals surface area contributed by atoms with Crippen molar-refractivity contribution in [2.45, 2.75) is 32.6 Å². The third-order valence-corrected chi connectivity index (χ3v) is 5.20. The van der Waals surface area contributed by atoms with Crippen LogP contribution in [-0.2, 0) is 4.79 Å². The number of rotatable bonds is 4. The van der Waals surface area contributed by atoms with Gasteiger partial charge in [0.1, 0.15) is 11.5 Å². The summed E-state index contributed by atoms with van der Waals surface area (Å²) in [5.41, 5.74) is 0.689. The van der Waals surface area contributed by atoms with Gasteiger partial charge in [-0.1, -0.05) is 0 Å². The molecule has 1 aliphatic carbocycles. The monoisotopic (exact) mass is 366 g/mol.